The lowest BCUT2D eigenvalue weighted by molar-refractivity contribution is -0.142. The van der Waals surface area contributed by atoms with E-state index in [1.807, 2.05) is 44.2 Å². The van der Waals surface area contributed by atoms with Gasteiger partial charge in [-0.25, -0.2) is 4.79 Å². The molecule has 2 N–H and O–H groups in total. The van der Waals surface area contributed by atoms with E-state index in [1.54, 1.807) is 31.2 Å². The maximum absolute atomic E-state index is 13.5. The van der Waals surface area contributed by atoms with Crippen LogP contribution in [0.3, 0.4) is 0 Å². The molecule has 0 spiro atoms. The number of carbonyl (C=O) groups excluding carboxylic acids is 2. The number of fused-ring (bicyclic) bond motifs is 1. The summed E-state index contributed by atoms with van der Waals surface area (Å²) in [5, 5.41) is 12.1. The summed E-state index contributed by atoms with van der Waals surface area (Å²) in [7, 11) is 0. The number of carboxylic acid groups (broad SMARTS) is 1. The van der Waals surface area contributed by atoms with Gasteiger partial charge in [-0.05, 0) is 43.0 Å². The molecule has 3 rings (SSSR count). The highest BCUT2D eigenvalue weighted by Crippen LogP contribution is 2.30. The molecular weight excluding hydrogens is 396 g/mol. The van der Waals surface area contributed by atoms with Crippen LogP contribution >= 0.6 is 0 Å². The van der Waals surface area contributed by atoms with E-state index in [4.69, 9.17) is 4.74 Å². The molecule has 0 saturated carbocycles. The van der Waals surface area contributed by atoms with E-state index in [0.29, 0.717) is 24.3 Å². The Labute approximate surface area is 182 Å². The first-order valence-corrected chi connectivity index (χ1v) is 10.4. The number of nitrogens with one attached hydrogen (secondary N) is 1. The maximum atomic E-state index is 13.5. The second-order valence-corrected chi connectivity index (χ2v) is 8.17. The van der Waals surface area contributed by atoms with Crippen molar-refractivity contribution in [3.05, 3.63) is 60.2 Å². The number of anilines is 1. The normalized spacial score (nSPS) is 16.7. The van der Waals surface area contributed by atoms with Gasteiger partial charge in [-0.1, -0.05) is 50.2 Å². The van der Waals surface area contributed by atoms with Crippen molar-refractivity contribution in [3.63, 3.8) is 0 Å². The van der Waals surface area contributed by atoms with Gasteiger partial charge in [0.2, 0.25) is 5.91 Å². The van der Waals surface area contributed by atoms with E-state index in [9.17, 15) is 19.5 Å². The maximum Gasteiger partial charge on any atom is 0.326 e. The number of ether oxygens (including phenoxy) is 1. The highest BCUT2D eigenvalue weighted by Gasteiger charge is 2.37. The molecule has 0 aromatic heterocycles. The highest BCUT2D eigenvalue weighted by molar-refractivity contribution is 6.03. The minimum atomic E-state index is -1.10. The molecule has 164 valence electrons. The number of benzene rings is 2. The van der Waals surface area contributed by atoms with Gasteiger partial charge in [-0.2, -0.15) is 0 Å². The average Bonchev–Trinajstić information content (AvgIpc) is 3.18. The second-order valence-electron chi connectivity index (χ2n) is 8.17. The summed E-state index contributed by atoms with van der Waals surface area (Å²) in [4.78, 5) is 39.4. The zero-order valence-corrected chi connectivity index (χ0v) is 17.9. The summed E-state index contributed by atoms with van der Waals surface area (Å²) in [5.74, 6) is -1.22. The predicted molar refractivity (Wildman–Crippen MR) is 117 cm³/mol. The first-order chi connectivity index (χ1) is 14.8. The minimum Gasteiger partial charge on any atom is -0.480 e. The predicted octanol–water partition coefficient (Wildman–Crippen LogP) is 3.03. The summed E-state index contributed by atoms with van der Waals surface area (Å²) in [6.07, 6.45) is -0.0369. The number of hydrogen-bond acceptors (Lipinski definition) is 4. The molecule has 0 bridgehead atoms. The third-order valence-electron chi connectivity index (χ3n) is 5.28. The Morgan fingerprint density at radius 2 is 1.71 bits per heavy atom. The van der Waals surface area contributed by atoms with Crippen molar-refractivity contribution in [2.24, 2.45) is 5.92 Å². The summed E-state index contributed by atoms with van der Waals surface area (Å²) >= 11 is 0. The number of aliphatic carboxylic acids is 1. The van der Waals surface area contributed by atoms with Crippen molar-refractivity contribution >= 4 is 23.5 Å². The molecule has 1 aliphatic heterocycles. The lowest BCUT2D eigenvalue weighted by atomic mass is 10.0. The van der Waals surface area contributed by atoms with E-state index >= 15 is 0 Å². The summed E-state index contributed by atoms with van der Waals surface area (Å²) in [5.41, 5.74) is 1.49. The number of hydrogen-bond donors (Lipinski definition) is 2. The van der Waals surface area contributed by atoms with E-state index in [-0.39, 0.29) is 11.8 Å². The number of nitrogens with zero attached hydrogens (tertiary/aromatic N) is 1. The minimum absolute atomic E-state index is 0.0916. The standard InChI is InChI=1S/C24H28N2O5/c1-15(2)13-19(24(29)30)25-22(27)16(3)26(18-10-5-4-6-11-18)23(28)21-14-17-9-7-8-12-20(17)31-21/h4-12,15-16,19,21H,13-14H2,1-3H3,(H,25,27)(H,29,30)/t16-,19-,21?/m0/s1. The Hall–Kier alpha value is -3.35. The fourth-order valence-electron chi connectivity index (χ4n) is 3.71. The molecule has 31 heavy (non-hydrogen) atoms. The zero-order chi connectivity index (χ0) is 22.5. The van der Waals surface area contributed by atoms with E-state index in [2.05, 4.69) is 5.32 Å². The quantitative estimate of drug-likeness (QED) is 0.679. The molecule has 2 aromatic carbocycles. The third kappa shape index (κ3) is 5.23. The molecule has 0 aliphatic carbocycles. The lowest BCUT2D eigenvalue weighted by Crippen LogP contribution is -2.55. The molecule has 7 nitrogen and oxygen atoms in total. The molecule has 3 atom stereocenters. The highest BCUT2D eigenvalue weighted by atomic mass is 16.5. The van der Waals surface area contributed by atoms with Crippen LogP contribution in [-0.2, 0) is 20.8 Å². The van der Waals surface area contributed by atoms with Crippen LogP contribution in [0, 0.1) is 5.92 Å². The van der Waals surface area contributed by atoms with Crippen LogP contribution in [-0.4, -0.2) is 41.1 Å². The fourth-order valence-corrected chi connectivity index (χ4v) is 3.71. The van der Waals surface area contributed by atoms with Gasteiger partial charge in [0.25, 0.3) is 5.91 Å². The Morgan fingerprint density at radius 1 is 1.06 bits per heavy atom. The summed E-state index contributed by atoms with van der Waals surface area (Å²) < 4.78 is 5.86. The van der Waals surface area contributed by atoms with Crippen LogP contribution in [0.25, 0.3) is 0 Å². The van der Waals surface area contributed by atoms with Crippen LogP contribution in [0.4, 0.5) is 5.69 Å². The largest absolute Gasteiger partial charge is 0.480 e. The van der Waals surface area contributed by atoms with Crippen molar-refractivity contribution in [2.45, 2.75) is 51.8 Å². The number of rotatable bonds is 8. The van der Waals surface area contributed by atoms with Crippen molar-refractivity contribution in [2.75, 3.05) is 4.90 Å². The molecule has 0 radical (unpaired) electrons. The Morgan fingerprint density at radius 3 is 2.32 bits per heavy atom. The summed E-state index contributed by atoms with van der Waals surface area (Å²) in [6.45, 7) is 5.37. The van der Waals surface area contributed by atoms with E-state index in [1.165, 1.54) is 4.90 Å². The Bertz CT molecular complexity index is 919. The average molecular weight is 424 g/mol. The number of carbonyl (C=O) groups is 3. The Balaban J connectivity index is 1.83. The monoisotopic (exact) mass is 424 g/mol. The molecule has 1 aliphatic rings. The molecule has 2 aromatic rings. The van der Waals surface area contributed by atoms with Crippen molar-refractivity contribution < 1.29 is 24.2 Å². The van der Waals surface area contributed by atoms with Gasteiger partial charge >= 0.3 is 5.97 Å². The van der Waals surface area contributed by atoms with Crippen LogP contribution in [0.1, 0.15) is 32.8 Å². The molecule has 0 saturated heterocycles. The van der Waals surface area contributed by atoms with Gasteiger partial charge in [0.05, 0.1) is 0 Å². The van der Waals surface area contributed by atoms with E-state index < -0.39 is 30.1 Å². The number of para-hydroxylation sites is 2. The van der Waals surface area contributed by atoms with Crippen molar-refractivity contribution in [1.29, 1.82) is 0 Å². The van der Waals surface area contributed by atoms with Gasteiger partial charge in [-0.15, -0.1) is 0 Å². The molecular formula is C24H28N2O5. The van der Waals surface area contributed by atoms with Gasteiger partial charge in [0, 0.05) is 12.1 Å². The van der Waals surface area contributed by atoms with Crippen molar-refractivity contribution in [1.82, 2.24) is 5.32 Å². The van der Waals surface area contributed by atoms with Crippen LogP contribution in [0.15, 0.2) is 54.6 Å². The van der Waals surface area contributed by atoms with Gasteiger partial charge < -0.3 is 15.2 Å². The SMILES string of the molecule is CC(C)C[C@H](NC(=O)[C@H](C)N(C(=O)C1Cc2ccccc2O1)c1ccccc1)C(=O)O. The van der Waals surface area contributed by atoms with Crippen LogP contribution < -0.4 is 15.0 Å². The lowest BCUT2D eigenvalue weighted by Gasteiger charge is -2.31. The van der Waals surface area contributed by atoms with Crippen molar-refractivity contribution in [3.8, 4) is 5.75 Å². The van der Waals surface area contributed by atoms with Gasteiger partial charge in [-0.3, -0.25) is 14.5 Å². The molecule has 2 amide bonds. The Kier molecular flexibility index (Phi) is 6.95. The third-order valence-corrected chi connectivity index (χ3v) is 5.28. The fraction of sp³-hybridized carbons (Fsp3) is 0.375. The molecule has 1 unspecified atom stereocenters. The van der Waals surface area contributed by atoms with Crippen LogP contribution in [0.2, 0.25) is 0 Å². The van der Waals surface area contributed by atoms with Gasteiger partial charge in [0.15, 0.2) is 6.10 Å². The molecule has 0 fully saturated rings. The summed E-state index contributed by atoms with van der Waals surface area (Å²) in [6, 6.07) is 14.4. The zero-order valence-electron chi connectivity index (χ0n) is 17.9. The molecule has 1 heterocycles. The topological polar surface area (TPSA) is 95.9 Å². The van der Waals surface area contributed by atoms with E-state index in [0.717, 1.165) is 5.56 Å². The molecule has 7 heteroatoms. The number of amides is 2. The van der Waals surface area contributed by atoms with Gasteiger partial charge in [0.1, 0.15) is 17.8 Å². The first kappa shape index (κ1) is 22.3. The number of carboxylic acids is 1. The first-order valence-electron chi connectivity index (χ1n) is 10.4. The second kappa shape index (κ2) is 9.64. The smallest absolute Gasteiger partial charge is 0.326 e. The van der Waals surface area contributed by atoms with Crippen LogP contribution in [0.5, 0.6) is 5.75 Å².